The van der Waals surface area contributed by atoms with Crippen LogP contribution in [-0.4, -0.2) is 56.8 Å². The number of aromatic amines is 1. The van der Waals surface area contributed by atoms with Gasteiger partial charge in [0.05, 0.1) is 6.20 Å². The number of H-pyrrole nitrogens is 1. The lowest BCUT2D eigenvalue weighted by Gasteiger charge is -2.36. The number of hydrogen-bond donors (Lipinski definition) is 1. The zero-order valence-corrected chi connectivity index (χ0v) is 15.8. The van der Waals surface area contributed by atoms with Crippen molar-refractivity contribution in [1.29, 1.82) is 0 Å². The molecule has 1 aromatic carbocycles. The fourth-order valence-electron chi connectivity index (χ4n) is 3.42. The topological polar surface area (TPSA) is 86.6 Å². The van der Waals surface area contributed by atoms with E-state index in [1.165, 1.54) is 4.52 Å². The zero-order valence-electron chi connectivity index (χ0n) is 15.1. The first-order valence-electron chi connectivity index (χ1n) is 8.69. The standard InChI is InChI=1S/C18H19ClN6O2/c1-11-3-4-13(19)9-14(11)23-5-7-24(8-6-23)18(27)15-16-17(26)20-12(2)10-25(16)22-21-15/h3-4,9-10H,5-8H2,1-2H3,(H,20,26). The number of piperazine rings is 1. The van der Waals surface area contributed by atoms with E-state index in [0.29, 0.717) is 36.9 Å². The third kappa shape index (κ3) is 3.16. The van der Waals surface area contributed by atoms with E-state index >= 15 is 0 Å². The Morgan fingerprint density at radius 1 is 1.19 bits per heavy atom. The maximum atomic E-state index is 12.9. The first-order valence-corrected chi connectivity index (χ1v) is 9.07. The molecule has 1 amide bonds. The summed E-state index contributed by atoms with van der Waals surface area (Å²) in [6.07, 6.45) is 1.64. The van der Waals surface area contributed by atoms with Crippen LogP contribution >= 0.6 is 11.6 Å². The molecular formula is C18H19ClN6O2. The van der Waals surface area contributed by atoms with Gasteiger partial charge in [0, 0.05) is 42.6 Å². The van der Waals surface area contributed by atoms with E-state index in [4.69, 9.17) is 11.6 Å². The van der Waals surface area contributed by atoms with E-state index < -0.39 is 0 Å². The van der Waals surface area contributed by atoms with Gasteiger partial charge in [0.15, 0.2) is 11.2 Å². The third-order valence-electron chi connectivity index (χ3n) is 4.82. The number of carbonyl (C=O) groups excluding carboxylic acids is 1. The quantitative estimate of drug-likeness (QED) is 0.723. The van der Waals surface area contributed by atoms with Crippen molar-refractivity contribution in [2.24, 2.45) is 0 Å². The molecule has 3 aromatic rings. The van der Waals surface area contributed by atoms with Gasteiger partial charge in [-0.05, 0) is 31.5 Å². The molecule has 0 aliphatic carbocycles. The zero-order chi connectivity index (χ0) is 19.1. The molecule has 1 saturated heterocycles. The van der Waals surface area contributed by atoms with Crippen molar-refractivity contribution in [3.63, 3.8) is 0 Å². The number of fused-ring (bicyclic) bond motifs is 1. The van der Waals surface area contributed by atoms with Crippen molar-refractivity contribution in [1.82, 2.24) is 24.7 Å². The maximum Gasteiger partial charge on any atom is 0.277 e. The van der Waals surface area contributed by atoms with Gasteiger partial charge >= 0.3 is 0 Å². The number of rotatable bonds is 2. The second kappa shape index (κ2) is 6.70. The van der Waals surface area contributed by atoms with Crippen LogP contribution in [0.5, 0.6) is 0 Å². The van der Waals surface area contributed by atoms with Gasteiger partial charge in [-0.2, -0.15) is 0 Å². The summed E-state index contributed by atoms with van der Waals surface area (Å²) in [5.74, 6) is -0.276. The Kier molecular flexibility index (Phi) is 4.35. The maximum absolute atomic E-state index is 12.9. The van der Waals surface area contributed by atoms with Gasteiger partial charge in [-0.25, -0.2) is 4.52 Å². The lowest BCUT2D eigenvalue weighted by Crippen LogP contribution is -2.49. The molecule has 8 nitrogen and oxygen atoms in total. The average Bonchev–Trinajstić information content (AvgIpc) is 3.07. The number of aryl methyl sites for hydroxylation is 2. The van der Waals surface area contributed by atoms with Gasteiger partial charge in [0.1, 0.15) is 0 Å². The van der Waals surface area contributed by atoms with Crippen molar-refractivity contribution < 1.29 is 4.79 Å². The summed E-state index contributed by atoms with van der Waals surface area (Å²) in [6, 6.07) is 5.81. The SMILES string of the molecule is Cc1cn2nnc(C(=O)N3CCN(c4cc(Cl)ccc4C)CC3)c2c(=O)[nH]1. The molecule has 1 N–H and O–H groups in total. The number of benzene rings is 1. The van der Waals surface area contributed by atoms with Gasteiger partial charge in [-0.1, -0.05) is 22.9 Å². The Morgan fingerprint density at radius 2 is 1.93 bits per heavy atom. The number of nitrogens with one attached hydrogen (secondary N) is 1. The second-order valence-corrected chi connectivity index (χ2v) is 7.14. The lowest BCUT2D eigenvalue weighted by molar-refractivity contribution is 0.0742. The van der Waals surface area contributed by atoms with Crippen LogP contribution in [0.2, 0.25) is 5.02 Å². The lowest BCUT2D eigenvalue weighted by atomic mass is 10.1. The molecule has 0 saturated carbocycles. The van der Waals surface area contributed by atoms with Crippen molar-refractivity contribution >= 4 is 28.7 Å². The summed E-state index contributed by atoms with van der Waals surface area (Å²) in [7, 11) is 0. The number of amides is 1. The normalized spacial score (nSPS) is 14.8. The summed E-state index contributed by atoms with van der Waals surface area (Å²) >= 11 is 6.12. The number of aromatic nitrogens is 4. The second-order valence-electron chi connectivity index (χ2n) is 6.71. The smallest absolute Gasteiger partial charge is 0.277 e. The first-order chi connectivity index (χ1) is 12.9. The van der Waals surface area contributed by atoms with Gasteiger partial charge in [0.25, 0.3) is 11.5 Å². The van der Waals surface area contributed by atoms with Crippen LogP contribution in [0.1, 0.15) is 21.7 Å². The molecule has 0 unspecified atom stereocenters. The minimum absolute atomic E-state index is 0.0867. The number of carbonyl (C=O) groups is 1. The number of anilines is 1. The van der Waals surface area contributed by atoms with Crippen LogP contribution in [0.25, 0.3) is 5.52 Å². The molecule has 4 rings (SSSR count). The van der Waals surface area contributed by atoms with Crippen molar-refractivity contribution in [2.75, 3.05) is 31.1 Å². The van der Waals surface area contributed by atoms with Crippen molar-refractivity contribution in [3.8, 4) is 0 Å². The predicted octanol–water partition coefficient (Wildman–Crippen LogP) is 1.65. The molecule has 1 aliphatic heterocycles. The highest BCUT2D eigenvalue weighted by Gasteiger charge is 2.27. The van der Waals surface area contributed by atoms with Crippen molar-refractivity contribution in [3.05, 3.63) is 56.7 Å². The molecule has 0 bridgehead atoms. The Hall–Kier alpha value is -2.87. The molecule has 0 spiro atoms. The van der Waals surface area contributed by atoms with Crippen LogP contribution in [0, 0.1) is 13.8 Å². The molecule has 27 heavy (non-hydrogen) atoms. The van der Waals surface area contributed by atoms with E-state index in [2.05, 4.69) is 20.2 Å². The van der Waals surface area contributed by atoms with Crippen LogP contribution in [-0.2, 0) is 0 Å². The summed E-state index contributed by atoms with van der Waals surface area (Å²) in [6.45, 7) is 6.23. The largest absolute Gasteiger partial charge is 0.368 e. The highest BCUT2D eigenvalue weighted by atomic mass is 35.5. The van der Waals surface area contributed by atoms with E-state index in [-0.39, 0.29) is 22.7 Å². The number of halogens is 1. The Morgan fingerprint density at radius 3 is 2.67 bits per heavy atom. The molecule has 140 valence electrons. The first kappa shape index (κ1) is 17.5. The predicted molar refractivity (Wildman–Crippen MR) is 103 cm³/mol. The fourth-order valence-corrected chi connectivity index (χ4v) is 3.58. The molecular weight excluding hydrogens is 368 g/mol. The molecule has 0 radical (unpaired) electrons. The van der Waals surface area contributed by atoms with Gasteiger partial charge in [-0.3, -0.25) is 9.59 Å². The minimum Gasteiger partial charge on any atom is -0.368 e. The molecule has 2 aromatic heterocycles. The van der Waals surface area contributed by atoms with E-state index in [1.54, 1.807) is 18.0 Å². The van der Waals surface area contributed by atoms with Crippen LogP contribution in [0.15, 0.2) is 29.2 Å². The molecule has 0 atom stereocenters. The van der Waals surface area contributed by atoms with Gasteiger partial charge in [-0.15, -0.1) is 5.10 Å². The third-order valence-corrected chi connectivity index (χ3v) is 5.05. The van der Waals surface area contributed by atoms with E-state index in [0.717, 1.165) is 11.3 Å². The van der Waals surface area contributed by atoms with Gasteiger partial charge in [0.2, 0.25) is 0 Å². The summed E-state index contributed by atoms with van der Waals surface area (Å²) in [4.78, 5) is 31.7. The Labute approximate surface area is 160 Å². The van der Waals surface area contributed by atoms with Crippen LogP contribution in [0.4, 0.5) is 5.69 Å². The summed E-state index contributed by atoms with van der Waals surface area (Å²) in [5.41, 5.74) is 2.78. The Balaban J connectivity index is 1.54. The van der Waals surface area contributed by atoms with E-state index in [1.807, 2.05) is 25.1 Å². The molecule has 9 heteroatoms. The summed E-state index contributed by atoms with van der Waals surface area (Å²) < 4.78 is 1.35. The fraction of sp³-hybridized carbons (Fsp3) is 0.333. The Bertz CT molecular complexity index is 1080. The van der Waals surface area contributed by atoms with Crippen LogP contribution < -0.4 is 10.5 Å². The average molecular weight is 387 g/mol. The van der Waals surface area contributed by atoms with E-state index in [9.17, 15) is 9.59 Å². The summed E-state index contributed by atoms with van der Waals surface area (Å²) in [5, 5.41) is 8.55. The highest BCUT2D eigenvalue weighted by Crippen LogP contribution is 2.25. The number of hydrogen-bond acceptors (Lipinski definition) is 5. The van der Waals surface area contributed by atoms with Crippen molar-refractivity contribution in [2.45, 2.75) is 13.8 Å². The number of nitrogens with zero attached hydrogens (tertiary/aromatic N) is 5. The minimum atomic E-state index is -0.364. The molecule has 1 fully saturated rings. The van der Waals surface area contributed by atoms with Crippen LogP contribution in [0.3, 0.4) is 0 Å². The highest BCUT2D eigenvalue weighted by molar-refractivity contribution is 6.30. The molecule has 1 aliphatic rings. The monoisotopic (exact) mass is 386 g/mol. The van der Waals surface area contributed by atoms with Gasteiger partial charge < -0.3 is 14.8 Å². The molecule has 3 heterocycles.